The molecule has 32 heavy (non-hydrogen) atoms. The Labute approximate surface area is 186 Å². The number of pyridine rings is 1. The van der Waals surface area contributed by atoms with E-state index in [2.05, 4.69) is 15.2 Å². The van der Waals surface area contributed by atoms with Crippen LogP contribution in [0.5, 0.6) is 0 Å². The number of benzene rings is 1. The van der Waals surface area contributed by atoms with E-state index in [-0.39, 0.29) is 5.82 Å². The van der Waals surface area contributed by atoms with Crippen molar-refractivity contribution in [3.63, 3.8) is 0 Å². The lowest BCUT2D eigenvalue weighted by Crippen LogP contribution is -2.47. The Morgan fingerprint density at radius 1 is 1.25 bits per heavy atom. The summed E-state index contributed by atoms with van der Waals surface area (Å²) in [5, 5.41) is 3.37. The van der Waals surface area contributed by atoms with E-state index in [0.29, 0.717) is 66.5 Å². The topological polar surface area (TPSA) is 76.0 Å². The number of nitrogens with one attached hydrogen (secondary N) is 1. The largest absolute Gasteiger partial charge is 0.466 e. The number of fused-ring (bicyclic) bond motifs is 2. The Kier molecular flexibility index (Phi) is 5.48. The molecule has 0 amide bonds. The zero-order chi connectivity index (χ0) is 22.1. The van der Waals surface area contributed by atoms with Gasteiger partial charge in [-0.15, -0.1) is 0 Å². The van der Waals surface area contributed by atoms with E-state index < -0.39 is 11.5 Å². The van der Waals surface area contributed by atoms with Gasteiger partial charge in [0, 0.05) is 31.5 Å². The molecule has 1 atom stereocenters. The number of rotatable bonds is 4. The Morgan fingerprint density at radius 2 is 2.09 bits per heavy atom. The van der Waals surface area contributed by atoms with E-state index in [1.54, 1.807) is 12.3 Å². The first kappa shape index (κ1) is 20.8. The van der Waals surface area contributed by atoms with Crippen LogP contribution < -0.4 is 5.32 Å². The summed E-state index contributed by atoms with van der Waals surface area (Å²) in [5.74, 6) is -0.160. The second-order valence-corrected chi connectivity index (χ2v) is 8.16. The molecule has 2 aliphatic heterocycles. The molecule has 8 heteroatoms. The number of hydrogen-bond donors (Lipinski definition) is 1. The van der Waals surface area contributed by atoms with E-state index >= 15 is 0 Å². The molecule has 1 aliphatic carbocycles. The maximum Gasteiger partial charge on any atom is 0.338 e. The average molecular weight is 436 g/mol. The highest BCUT2D eigenvalue weighted by Gasteiger charge is 2.50. The van der Waals surface area contributed by atoms with Gasteiger partial charge in [0.15, 0.2) is 5.84 Å². The van der Waals surface area contributed by atoms with Crippen molar-refractivity contribution in [1.82, 2.24) is 15.2 Å². The third-order valence-corrected chi connectivity index (χ3v) is 6.37. The van der Waals surface area contributed by atoms with Crippen molar-refractivity contribution in [2.75, 3.05) is 40.0 Å². The molecule has 0 saturated carbocycles. The molecule has 1 fully saturated rings. The molecule has 0 bridgehead atoms. The monoisotopic (exact) mass is 436 g/mol. The van der Waals surface area contributed by atoms with Gasteiger partial charge in [0.25, 0.3) is 0 Å². The van der Waals surface area contributed by atoms with Crippen molar-refractivity contribution in [1.29, 1.82) is 0 Å². The van der Waals surface area contributed by atoms with Crippen LogP contribution in [0, 0.1) is 5.82 Å². The number of halogens is 1. The Morgan fingerprint density at radius 3 is 2.84 bits per heavy atom. The molecule has 1 saturated heterocycles. The van der Waals surface area contributed by atoms with Crippen LogP contribution in [-0.4, -0.2) is 61.6 Å². The molecule has 2 aromatic rings. The number of ether oxygens (including phenoxy) is 2. The molecule has 1 aromatic heterocycles. The molecule has 5 rings (SSSR count). The minimum absolute atomic E-state index is 0.272. The van der Waals surface area contributed by atoms with E-state index in [1.807, 2.05) is 24.3 Å². The summed E-state index contributed by atoms with van der Waals surface area (Å²) in [7, 11) is 1.37. The molecule has 1 aromatic carbocycles. The number of aromatic nitrogens is 1. The van der Waals surface area contributed by atoms with E-state index in [4.69, 9.17) is 14.5 Å². The molecule has 1 spiro atoms. The fraction of sp³-hybridized carbons (Fsp3) is 0.375. The smallest absolute Gasteiger partial charge is 0.338 e. The van der Waals surface area contributed by atoms with E-state index in [9.17, 15) is 9.18 Å². The molecule has 1 N–H and O–H groups in total. The first-order chi connectivity index (χ1) is 15.6. The molecule has 166 valence electrons. The van der Waals surface area contributed by atoms with Gasteiger partial charge in [0.1, 0.15) is 17.1 Å². The molecular weight excluding hydrogens is 411 g/mol. The van der Waals surface area contributed by atoms with Crippen LogP contribution in [0.1, 0.15) is 23.2 Å². The highest BCUT2D eigenvalue weighted by atomic mass is 19.1. The Hall–Kier alpha value is -3.10. The SMILES string of the molecule is COC(=O)C1=C(CN2CCOCC2)NC(c2ccccn2)=NC12CCc1c(F)cccc12. The van der Waals surface area contributed by atoms with Crippen molar-refractivity contribution < 1.29 is 18.7 Å². The minimum Gasteiger partial charge on any atom is -0.466 e. The minimum atomic E-state index is -1.02. The number of methoxy groups -OCH3 is 1. The van der Waals surface area contributed by atoms with Gasteiger partial charge in [-0.3, -0.25) is 9.88 Å². The van der Waals surface area contributed by atoms with Gasteiger partial charge in [-0.2, -0.15) is 0 Å². The maximum absolute atomic E-state index is 14.7. The van der Waals surface area contributed by atoms with Crippen molar-refractivity contribution in [2.24, 2.45) is 4.99 Å². The number of morpholine rings is 1. The highest BCUT2D eigenvalue weighted by Crippen LogP contribution is 2.49. The third-order valence-electron chi connectivity index (χ3n) is 6.37. The van der Waals surface area contributed by atoms with Gasteiger partial charge in [-0.05, 0) is 42.2 Å². The lowest BCUT2D eigenvalue weighted by molar-refractivity contribution is -0.137. The number of amidine groups is 1. The third kappa shape index (κ3) is 3.49. The van der Waals surface area contributed by atoms with Crippen molar-refractivity contribution in [3.05, 3.63) is 76.5 Å². The number of carbonyl (C=O) groups is 1. The van der Waals surface area contributed by atoms with Crippen molar-refractivity contribution >= 4 is 11.8 Å². The first-order valence-corrected chi connectivity index (χ1v) is 10.8. The van der Waals surface area contributed by atoms with E-state index in [1.165, 1.54) is 13.2 Å². The first-order valence-electron chi connectivity index (χ1n) is 10.8. The molecule has 3 aliphatic rings. The van der Waals surface area contributed by atoms with Gasteiger partial charge in [-0.1, -0.05) is 18.2 Å². The molecule has 7 nitrogen and oxygen atoms in total. The summed E-state index contributed by atoms with van der Waals surface area (Å²) >= 11 is 0. The van der Waals surface area contributed by atoms with Gasteiger partial charge >= 0.3 is 5.97 Å². The summed E-state index contributed by atoms with van der Waals surface area (Å²) in [6.45, 7) is 3.30. The average Bonchev–Trinajstić information content (AvgIpc) is 3.19. The molecule has 3 heterocycles. The zero-order valence-electron chi connectivity index (χ0n) is 17.9. The lowest BCUT2D eigenvalue weighted by Gasteiger charge is -2.37. The zero-order valence-corrected chi connectivity index (χ0v) is 17.9. The number of esters is 1. The maximum atomic E-state index is 14.7. The second-order valence-electron chi connectivity index (χ2n) is 8.16. The van der Waals surface area contributed by atoms with Gasteiger partial charge < -0.3 is 14.8 Å². The summed E-state index contributed by atoms with van der Waals surface area (Å²) in [6, 6.07) is 10.6. The second kappa shape index (κ2) is 8.44. The predicted molar refractivity (Wildman–Crippen MR) is 117 cm³/mol. The normalized spacial score (nSPS) is 23.0. The van der Waals surface area contributed by atoms with Crippen molar-refractivity contribution in [3.8, 4) is 0 Å². The number of carbonyl (C=O) groups excluding carboxylic acids is 1. The molecule has 0 radical (unpaired) electrons. The summed E-state index contributed by atoms with van der Waals surface area (Å²) in [5.41, 5.74) is 2.12. The Balaban J connectivity index is 1.69. The summed E-state index contributed by atoms with van der Waals surface area (Å²) < 4.78 is 25.4. The van der Waals surface area contributed by atoms with Gasteiger partial charge in [0.05, 0.1) is 25.9 Å². The number of hydrogen-bond acceptors (Lipinski definition) is 7. The summed E-state index contributed by atoms with van der Waals surface area (Å²) in [4.78, 5) is 24.9. The van der Waals surface area contributed by atoms with Crippen LogP contribution in [-0.2, 0) is 26.2 Å². The van der Waals surface area contributed by atoms with Gasteiger partial charge in [-0.25, -0.2) is 14.2 Å². The van der Waals surface area contributed by atoms with Crippen LogP contribution in [0.4, 0.5) is 4.39 Å². The van der Waals surface area contributed by atoms with Crippen LogP contribution in [0.15, 0.2) is 58.9 Å². The van der Waals surface area contributed by atoms with E-state index in [0.717, 1.165) is 13.1 Å². The van der Waals surface area contributed by atoms with Crippen LogP contribution >= 0.6 is 0 Å². The standard InChI is InChI=1S/C24H25FN4O3/c1-31-23(30)21-20(15-29-11-13-32-14-12-29)27-22(19-7-2-3-10-26-19)28-24(21)9-8-16-17(24)5-4-6-18(16)25/h2-7,10H,8-9,11-15H2,1H3,(H,27,28). The quantitative estimate of drug-likeness (QED) is 0.741. The van der Waals surface area contributed by atoms with Gasteiger partial charge in [0.2, 0.25) is 0 Å². The highest BCUT2D eigenvalue weighted by molar-refractivity contribution is 6.03. The van der Waals surface area contributed by atoms with Crippen LogP contribution in [0.25, 0.3) is 0 Å². The van der Waals surface area contributed by atoms with Crippen molar-refractivity contribution in [2.45, 2.75) is 18.4 Å². The lowest BCUT2D eigenvalue weighted by atomic mass is 9.81. The predicted octanol–water partition coefficient (Wildman–Crippen LogP) is 2.17. The van der Waals surface area contributed by atoms with Crippen LogP contribution in [0.3, 0.4) is 0 Å². The molecular formula is C24H25FN4O3. The fourth-order valence-electron chi connectivity index (χ4n) is 4.87. The van der Waals surface area contributed by atoms with Crippen LogP contribution in [0.2, 0.25) is 0 Å². The number of nitrogens with zero attached hydrogens (tertiary/aromatic N) is 3. The number of aliphatic imine (C=N–C) groups is 1. The summed E-state index contributed by atoms with van der Waals surface area (Å²) in [6.07, 6.45) is 2.68. The molecule has 1 unspecified atom stereocenters. The fourth-order valence-corrected chi connectivity index (χ4v) is 4.87. The Bertz CT molecular complexity index is 1100.